The van der Waals surface area contributed by atoms with Crippen LogP contribution in [0.5, 0.6) is 0 Å². The zero-order chi connectivity index (χ0) is 13.7. The smallest absolute Gasteiger partial charge is 0.170 e. The molecule has 0 amide bonds. The third-order valence-corrected chi connectivity index (χ3v) is 3.84. The van der Waals surface area contributed by atoms with E-state index in [-0.39, 0.29) is 0 Å². The number of tetrazole rings is 1. The maximum atomic E-state index is 6.07. The first-order valence-corrected chi connectivity index (χ1v) is 6.82. The average Bonchev–Trinajstić information content (AvgIpc) is 2.86. The van der Waals surface area contributed by atoms with Crippen LogP contribution < -0.4 is 5.32 Å². The fourth-order valence-corrected chi connectivity index (χ4v) is 2.14. The predicted octanol–water partition coefficient (Wildman–Crippen LogP) is 1.81. The number of methoxy groups -OCH3 is 1. The number of rotatable bonds is 6. The number of hydrogen-bond acceptors (Lipinski definition) is 5. The van der Waals surface area contributed by atoms with Crippen molar-refractivity contribution in [3.8, 4) is 5.69 Å². The summed E-state index contributed by atoms with van der Waals surface area (Å²) < 4.78 is 7.38. The number of benzene rings is 1. The molecule has 0 saturated heterocycles. The molecule has 0 aliphatic heterocycles. The Morgan fingerprint density at radius 3 is 3.11 bits per heavy atom. The van der Waals surface area contributed by atoms with Crippen LogP contribution >= 0.6 is 27.5 Å². The first kappa shape index (κ1) is 14.4. The SMILES string of the molecule is COCCNCc1nnnn1-c1cccc(Cl)c1Br. The van der Waals surface area contributed by atoms with Crippen LogP contribution in [0.4, 0.5) is 0 Å². The van der Waals surface area contributed by atoms with Crippen LogP contribution in [-0.4, -0.2) is 40.5 Å². The van der Waals surface area contributed by atoms with Gasteiger partial charge in [-0.1, -0.05) is 17.7 Å². The number of nitrogens with one attached hydrogen (secondary N) is 1. The molecule has 1 aromatic heterocycles. The van der Waals surface area contributed by atoms with Gasteiger partial charge in [0.2, 0.25) is 0 Å². The van der Waals surface area contributed by atoms with Crippen molar-refractivity contribution in [1.29, 1.82) is 0 Å². The van der Waals surface area contributed by atoms with Gasteiger partial charge in [-0.3, -0.25) is 0 Å². The molecule has 0 atom stereocenters. The largest absolute Gasteiger partial charge is 0.383 e. The number of hydrogen-bond donors (Lipinski definition) is 1. The van der Waals surface area contributed by atoms with Gasteiger partial charge >= 0.3 is 0 Å². The van der Waals surface area contributed by atoms with E-state index >= 15 is 0 Å². The highest BCUT2D eigenvalue weighted by molar-refractivity contribution is 9.10. The second-order valence-corrected chi connectivity index (χ2v) is 4.95. The van der Waals surface area contributed by atoms with Crippen molar-refractivity contribution in [2.75, 3.05) is 20.3 Å². The van der Waals surface area contributed by atoms with Gasteiger partial charge < -0.3 is 10.1 Å². The first-order valence-electron chi connectivity index (χ1n) is 5.65. The van der Waals surface area contributed by atoms with Crippen molar-refractivity contribution in [3.05, 3.63) is 33.5 Å². The molecule has 0 spiro atoms. The summed E-state index contributed by atoms with van der Waals surface area (Å²) >= 11 is 9.51. The molecule has 0 aliphatic rings. The molecule has 6 nitrogen and oxygen atoms in total. The van der Waals surface area contributed by atoms with Crippen molar-refractivity contribution in [3.63, 3.8) is 0 Å². The second-order valence-electron chi connectivity index (χ2n) is 3.75. The number of halogens is 2. The molecule has 0 radical (unpaired) electrons. The molecule has 1 N–H and O–H groups in total. The van der Waals surface area contributed by atoms with E-state index in [1.165, 1.54) is 0 Å². The lowest BCUT2D eigenvalue weighted by Crippen LogP contribution is -2.21. The van der Waals surface area contributed by atoms with Gasteiger partial charge in [0.25, 0.3) is 0 Å². The molecular formula is C11H13BrClN5O. The molecule has 102 valence electrons. The molecule has 2 rings (SSSR count). The van der Waals surface area contributed by atoms with Gasteiger partial charge in [0.1, 0.15) is 0 Å². The fraction of sp³-hybridized carbons (Fsp3) is 0.364. The normalized spacial score (nSPS) is 10.9. The van der Waals surface area contributed by atoms with Crippen molar-refractivity contribution < 1.29 is 4.74 Å². The summed E-state index contributed by atoms with van der Waals surface area (Å²) in [6.45, 7) is 1.93. The molecule has 0 unspecified atom stereocenters. The van der Waals surface area contributed by atoms with E-state index in [1.807, 2.05) is 12.1 Å². The fourth-order valence-electron chi connectivity index (χ4n) is 1.53. The summed E-state index contributed by atoms with van der Waals surface area (Å²) in [5, 5.41) is 15.5. The molecule has 1 aromatic carbocycles. The van der Waals surface area contributed by atoms with E-state index < -0.39 is 0 Å². The third kappa shape index (κ3) is 3.50. The zero-order valence-electron chi connectivity index (χ0n) is 10.3. The Labute approximate surface area is 124 Å². The summed E-state index contributed by atoms with van der Waals surface area (Å²) in [6.07, 6.45) is 0. The van der Waals surface area contributed by atoms with Gasteiger partial charge in [0.15, 0.2) is 5.82 Å². The van der Waals surface area contributed by atoms with E-state index in [0.29, 0.717) is 24.0 Å². The summed E-state index contributed by atoms with van der Waals surface area (Å²) in [7, 11) is 1.66. The third-order valence-electron chi connectivity index (χ3n) is 2.46. The number of ether oxygens (including phenoxy) is 1. The quantitative estimate of drug-likeness (QED) is 0.808. The number of nitrogens with zero attached hydrogens (tertiary/aromatic N) is 4. The molecule has 0 bridgehead atoms. The van der Waals surface area contributed by atoms with Gasteiger partial charge in [-0.2, -0.15) is 4.68 Å². The van der Waals surface area contributed by atoms with Crippen LogP contribution in [0.15, 0.2) is 22.7 Å². The van der Waals surface area contributed by atoms with Gasteiger partial charge in [-0.25, -0.2) is 0 Å². The minimum absolute atomic E-state index is 0.551. The highest BCUT2D eigenvalue weighted by Crippen LogP contribution is 2.28. The number of aromatic nitrogens is 4. The van der Waals surface area contributed by atoms with E-state index in [1.54, 1.807) is 17.9 Å². The summed E-state index contributed by atoms with van der Waals surface area (Å²) in [5.74, 6) is 0.707. The van der Waals surface area contributed by atoms with Gasteiger partial charge in [-0.15, -0.1) is 5.10 Å². The molecule has 2 aromatic rings. The van der Waals surface area contributed by atoms with Crippen LogP contribution in [-0.2, 0) is 11.3 Å². The molecular weight excluding hydrogens is 334 g/mol. The van der Waals surface area contributed by atoms with Crippen LogP contribution in [0.25, 0.3) is 5.69 Å². The maximum Gasteiger partial charge on any atom is 0.170 e. The maximum absolute atomic E-state index is 6.07. The minimum atomic E-state index is 0.551. The van der Waals surface area contributed by atoms with Crippen LogP contribution in [0.1, 0.15) is 5.82 Å². The molecule has 8 heteroatoms. The Hall–Kier alpha value is -1.02. The van der Waals surface area contributed by atoms with Crippen LogP contribution in [0.3, 0.4) is 0 Å². The highest BCUT2D eigenvalue weighted by atomic mass is 79.9. The Balaban J connectivity index is 2.17. The Kier molecular flexibility index (Phi) is 5.26. The summed E-state index contributed by atoms with van der Waals surface area (Å²) in [6, 6.07) is 5.55. The highest BCUT2D eigenvalue weighted by Gasteiger charge is 2.12. The van der Waals surface area contributed by atoms with Crippen molar-refractivity contribution in [1.82, 2.24) is 25.5 Å². The van der Waals surface area contributed by atoms with Crippen molar-refractivity contribution in [2.24, 2.45) is 0 Å². The van der Waals surface area contributed by atoms with Gasteiger partial charge in [-0.05, 0) is 38.5 Å². The monoisotopic (exact) mass is 345 g/mol. The van der Waals surface area contributed by atoms with E-state index in [4.69, 9.17) is 16.3 Å². The molecule has 1 heterocycles. The van der Waals surface area contributed by atoms with Crippen LogP contribution in [0.2, 0.25) is 5.02 Å². The topological polar surface area (TPSA) is 64.9 Å². The van der Waals surface area contributed by atoms with E-state index in [9.17, 15) is 0 Å². The van der Waals surface area contributed by atoms with E-state index in [0.717, 1.165) is 16.7 Å². The second kappa shape index (κ2) is 6.95. The standard InChI is InChI=1S/C11H13BrClN5O/c1-19-6-5-14-7-10-15-16-17-18(10)9-4-2-3-8(13)11(9)12/h2-4,14H,5-7H2,1H3. The van der Waals surface area contributed by atoms with Crippen LogP contribution in [0, 0.1) is 0 Å². The predicted molar refractivity (Wildman–Crippen MR) is 75.4 cm³/mol. The zero-order valence-corrected chi connectivity index (χ0v) is 12.6. The van der Waals surface area contributed by atoms with E-state index in [2.05, 4.69) is 36.8 Å². The Bertz CT molecular complexity index is 548. The van der Waals surface area contributed by atoms with Crippen molar-refractivity contribution >= 4 is 27.5 Å². The lowest BCUT2D eigenvalue weighted by atomic mass is 10.3. The average molecular weight is 347 g/mol. The molecule has 0 fully saturated rings. The lowest BCUT2D eigenvalue weighted by molar-refractivity contribution is 0.199. The first-order chi connectivity index (χ1) is 9.24. The Morgan fingerprint density at radius 1 is 1.47 bits per heavy atom. The molecule has 0 aliphatic carbocycles. The van der Waals surface area contributed by atoms with Gasteiger partial charge in [0, 0.05) is 13.7 Å². The molecule has 19 heavy (non-hydrogen) atoms. The van der Waals surface area contributed by atoms with Gasteiger partial charge in [0.05, 0.1) is 28.3 Å². The van der Waals surface area contributed by atoms with Crippen molar-refractivity contribution in [2.45, 2.75) is 6.54 Å². The lowest BCUT2D eigenvalue weighted by Gasteiger charge is -2.08. The summed E-state index contributed by atoms with van der Waals surface area (Å²) in [5.41, 5.74) is 0.807. The molecule has 0 saturated carbocycles. The minimum Gasteiger partial charge on any atom is -0.383 e. The Morgan fingerprint density at radius 2 is 2.32 bits per heavy atom. The summed E-state index contributed by atoms with van der Waals surface area (Å²) in [4.78, 5) is 0.